The molecule has 0 amide bonds. The number of carbonyl (C=O) groups is 1. The van der Waals surface area contributed by atoms with Gasteiger partial charge in [-0.05, 0) is 35.4 Å². The van der Waals surface area contributed by atoms with E-state index in [0.717, 1.165) is 4.47 Å². The van der Waals surface area contributed by atoms with Crippen LogP contribution in [0.5, 0.6) is 0 Å². The van der Waals surface area contributed by atoms with Gasteiger partial charge in [-0.3, -0.25) is 14.9 Å². The van der Waals surface area contributed by atoms with E-state index in [9.17, 15) is 14.9 Å². The van der Waals surface area contributed by atoms with Crippen LogP contribution in [0.1, 0.15) is 5.56 Å². The summed E-state index contributed by atoms with van der Waals surface area (Å²) in [5.41, 5.74) is 1.89. The van der Waals surface area contributed by atoms with E-state index in [1.54, 1.807) is 42.5 Å². The number of carboxylic acid groups (broad SMARTS) is 1. The third-order valence-electron chi connectivity index (χ3n) is 3.39. The molecule has 1 N–H and O–H groups in total. The van der Waals surface area contributed by atoms with Crippen molar-refractivity contribution in [3.8, 4) is 11.1 Å². The molecular formula is C16H10BrNO5. The molecule has 0 bridgehead atoms. The third kappa shape index (κ3) is 2.95. The zero-order chi connectivity index (χ0) is 16.6. The predicted molar refractivity (Wildman–Crippen MR) is 87.3 cm³/mol. The molecule has 3 rings (SSSR count). The summed E-state index contributed by atoms with van der Waals surface area (Å²) in [6.07, 6.45) is -0.158. The van der Waals surface area contributed by atoms with E-state index in [0.29, 0.717) is 27.7 Å². The highest BCUT2D eigenvalue weighted by molar-refractivity contribution is 9.10. The highest BCUT2D eigenvalue weighted by Gasteiger charge is 2.25. The van der Waals surface area contributed by atoms with E-state index in [4.69, 9.17) is 9.52 Å². The molecule has 0 saturated carbocycles. The first-order chi connectivity index (χ1) is 11.0. The van der Waals surface area contributed by atoms with Gasteiger partial charge in [0.05, 0.1) is 6.42 Å². The van der Waals surface area contributed by atoms with E-state index in [-0.39, 0.29) is 12.3 Å². The summed E-state index contributed by atoms with van der Waals surface area (Å²) in [7, 11) is 0. The maximum atomic E-state index is 11.3. The van der Waals surface area contributed by atoms with Gasteiger partial charge >= 0.3 is 11.9 Å². The van der Waals surface area contributed by atoms with Crippen LogP contribution in [0.4, 0.5) is 5.88 Å². The Morgan fingerprint density at radius 3 is 2.52 bits per heavy atom. The summed E-state index contributed by atoms with van der Waals surface area (Å²) in [5.74, 6) is -1.32. The number of hydrogen-bond acceptors (Lipinski definition) is 4. The fourth-order valence-corrected chi connectivity index (χ4v) is 2.70. The van der Waals surface area contributed by atoms with Crippen molar-refractivity contribution in [1.29, 1.82) is 0 Å². The van der Waals surface area contributed by atoms with E-state index in [1.807, 2.05) is 0 Å². The fourth-order valence-electron chi connectivity index (χ4n) is 2.44. The smallest absolute Gasteiger partial charge is 0.442 e. The van der Waals surface area contributed by atoms with Gasteiger partial charge in [0.2, 0.25) is 0 Å². The molecule has 0 atom stereocenters. The number of furan rings is 1. The second-order valence-corrected chi connectivity index (χ2v) is 5.86. The fraction of sp³-hybridized carbons (Fsp3) is 0.0625. The second-order valence-electron chi connectivity index (χ2n) is 4.95. The molecule has 0 aliphatic heterocycles. The Morgan fingerprint density at radius 1 is 1.22 bits per heavy atom. The zero-order valence-corrected chi connectivity index (χ0v) is 13.2. The molecule has 116 valence electrons. The molecule has 6 nitrogen and oxygen atoms in total. The van der Waals surface area contributed by atoms with E-state index in [1.165, 1.54) is 0 Å². The molecule has 3 aromatic rings. The molecule has 2 aromatic carbocycles. The zero-order valence-electron chi connectivity index (χ0n) is 11.7. The van der Waals surface area contributed by atoms with Crippen molar-refractivity contribution in [2.24, 2.45) is 0 Å². The van der Waals surface area contributed by atoms with Crippen LogP contribution in [0, 0.1) is 10.1 Å². The number of benzene rings is 2. The number of aliphatic carboxylic acids is 1. The summed E-state index contributed by atoms with van der Waals surface area (Å²) in [5, 5.41) is 20.7. The first-order valence-electron chi connectivity index (χ1n) is 6.63. The highest BCUT2D eigenvalue weighted by atomic mass is 79.9. The van der Waals surface area contributed by atoms with Crippen molar-refractivity contribution in [1.82, 2.24) is 0 Å². The largest absolute Gasteiger partial charge is 0.481 e. The minimum Gasteiger partial charge on any atom is -0.481 e. The van der Waals surface area contributed by atoms with Gasteiger partial charge in [-0.15, -0.1) is 0 Å². The van der Waals surface area contributed by atoms with Gasteiger partial charge in [0.25, 0.3) is 0 Å². The Hall–Kier alpha value is -2.67. The molecule has 0 aliphatic carbocycles. The lowest BCUT2D eigenvalue weighted by molar-refractivity contribution is -0.400. The molecule has 0 radical (unpaired) electrons. The van der Waals surface area contributed by atoms with Gasteiger partial charge < -0.3 is 9.52 Å². The maximum absolute atomic E-state index is 11.3. The molecular weight excluding hydrogens is 366 g/mol. The normalized spacial score (nSPS) is 10.8. The Kier molecular flexibility index (Phi) is 3.87. The molecule has 1 heterocycles. The quantitative estimate of drug-likeness (QED) is 0.538. The van der Waals surface area contributed by atoms with Crippen molar-refractivity contribution < 1.29 is 19.2 Å². The van der Waals surface area contributed by atoms with Crippen molar-refractivity contribution in [2.45, 2.75) is 6.42 Å². The second kappa shape index (κ2) is 5.85. The molecule has 0 saturated heterocycles. The van der Waals surface area contributed by atoms with E-state index >= 15 is 0 Å². The van der Waals surface area contributed by atoms with Crippen LogP contribution in [0.15, 0.2) is 51.4 Å². The number of fused-ring (bicyclic) bond motifs is 1. The van der Waals surface area contributed by atoms with Gasteiger partial charge in [-0.2, -0.15) is 0 Å². The molecule has 0 aliphatic rings. The molecule has 1 aromatic heterocycles. The van der Waals surface area contributed by atoms with Crippen molar-refractivity contribution >= 4 is 38.8 Å². The average molecular weight is 376 g/mol. The summed E-state index contributed by atoms with van der Waals surface area (Å²) < 4.78 is 6.20. The van der Waals surface area contributed by atoms with Crippen molar-refractivity contribution in [3.05, 3.63) is 62.6 Å². The van der Waals surface area contributed by atoms with Gasteiger partial charge in [0.15, 0.2) is 0 Å². The maximum Gasteiger partial charge on any atom is 0.442 e. The number of nitrogens with zero attached hydrogens (tertiary/aromatic N) is 1. The lowest BCUT2D eigenvalue weighted by atomic mass is 10.0. The number of rotatable bonds is 4. The van der Waals surface area contributed by atoms with Gasteiger partial charge in [0.1, 0.15) is 16.1 Å². The molecule has 7 heteroatoms. The van der Waals surface area contributed by atoms with Crippen LogP contribution in [0.3, 0.4) is 0 Å². The lowest BCUT2D eigenvalue weighted by Gasteiger charge is -2.00. The minimum atomic E-state index is -0.965. The average Bonchev–Trinajstić information content (AvgIpc) is 2.86. The Labute approximate surface area is 138 Å². The first-order valence-corrected chi connectivity index (χ1v) is 7.42. The van der Waals surface area contributed by atoms with Crippen LogP contribution >= 0.6 is 15.9 Å². The summed E-state index contributed by atoms with van der Waals surface area (Å²) >= 11 is 3.32. The van der Waals surface area contributed by atoms with Crippen LogP contribution in [-0.2, 0) is 11.2 Å². The van der Waals surface area contributed by atoms with Crippen molar-refractivity contribution in [2.75, 3.05) is 0 Å². The third-order valence-corrected chi connectivity index (χ3v) is 3.92. The Balaban J connectivity index is 2.26. The SMILES string of the molecule is O=C(O)Cc1ccc2oc([N+](=O)[O-])c(-c3ccc(Br)cc3)c2c1. The van der Waals surface area contributed by atoms with E-state index < -0.39 is 10.9 Å². The minimum absolute atomic E-state index is 0.158. The summed E-state index contributed by atoms with van der Waals surface area (Å²) in [4.78, 5) is 21.6. The van der Waals surface area contributed by atoms with Gasteiger partial charge in [0, 0.05) is 9.86 Å². The lowest BCUT2D eigenvalue weighted by Crippen LogP contribution is -1.99. The first kappa shape index (κ1) is 15.2. The summed E-state index contributed by atoms with van der Waals surface area (Å²) in [6.45, 7) is 0. The summed E-state index contributed by atoms with van der Waals surface area (Å²) in [6, 6.07) is 11.8. The van der Waals surface area contributed by atoms with Crippen LogP contribution < -0.4 is 0 Å². The number of hydrogen-bond donors (Lipinski definition) is 1. The molecule has 23 heavy (non-hydrogen) atoms. The monoisotopic (exact) mass is 375 g/mol. The standard InChI is InChI=1S/C16H10BrNO5/c17-11-4-2-10(3-5-11)15-12-7-9(8-14(19)20)1-6-13(12)23-16(15)18(21)22/h1-7H,8H2,(H,19,20). The van der Waals surface area contributed by atoms with Gasteiger partial charge in [-0.1, -0.05) is 34.1 Å². The number of carboxylic acids is 1. The highest BCUT2D eigenvalue weighted by Crippen LogP contribution is 2.40. The topological polar surface area (TPSA) is 93.6 Å². The van der Waals surface area contributed by atoms with Crippen LogP contribution in [0.2, 0.25) is 0 Å². The Morgan fingerprint density at radius 2 is 1.91 bits per heavy atom. The number of halogens is 1. The predicted octanol–water partition coefficient (Wildman–Crippen LogP) is 4.40. The van der Waals surface area contributed by atoms with Gasteiger partial charge in [-0.25, -0.2) is 0 Å². The molecule has 0 spiro atoms. The molecule has 0 fully saturated rings. The number of nitro groups is 1. The van der Waals surface area contributed by atoms with Crippen LogP contribution in [-0.4, -0.2) is 16.0 Å². The van der Waals surface area contributed by atoms with Crippen molar-refractivity contribution in [3.63, 3.8) is 0 Å². The Bertz CT molecular complexity index is 914. The van der Waals surface area contributed by atoms with E-state index in [2.05, 4.69) is 15.9 Å². The van der Waals surface area contributed by atoms with Crippen LogP contribution in [0.25, 0.3) is 22.1 Å². The molecule has 0 unspecified atom stereocenters.